The first-order valence-corrected chi connectivity index (χ1v) is 6.50. The molecule has 96 valence electrons. The number of nitrogens with zero attached hydrogens (tertiary/aromatic N) is 1. The second kappa shape index (κ2) is 7.33. The maximum Gasteiger partial charge on any atom is 0.122 e. The van der Waals surface area contributed by atoms with E-state index in [1.807, 2.05) is 0 Å². The van der Waals surface area contributed by atoms with E-state index in [0.29, 0.717) is 0 Å². The van der Waals surface area contributed by atoms with Crippen molar-refractivity contribution in [2.75, 3.05) is 27.2 Å². The van der Waals surface area contributed by atoms with Gasteiger partial charge in [0.1, 0.15) is 5.75 Å². The quantitative estimate of drug-likeness (QED) is 0.719. The Morgan fingerprint density at radius 1 is 1.24 bits per heavy atom. The average molecular weight is 235 g/mol. The standard InChI is InChI=1S/C15H25NO/c1-5-11-17-15-9-8-14(12-13(15)2)7-6-10-16(3)4/h8-9,12H,5-7,10-11H2,1-4H3. The Kier molecular flexibility index (Phi) is 6.06. The number of hydrogen-bond acceptors (Lipinski definition) is 2. The van der Waals surface area contributed by atoms with Crippen molar-refractivity contribution < 1.29 is 4.74 Å². The van der Waals surface area contributed by atoms with E-state index in [2.05, 4.69) is 51.0 Å². The summed E-state index contributed by atoms with van der Waals surface area (Å²) < 4.78 is 5.68. The van der Waals surface area contributed by atoms with Crippen molar-refractivity contribution in [1.82, 2.24) is 4.90 Å². The summed E-state index contributed by atoms with van der Waals surface area (Å²) in [5, 5.41) is 0. The van der Waals surface area contributed by atoms with Gasteiger partial charge in [0.05, 0.1) is 6.61 Å². The molecule has 2 nitrogen and oxygen atoms in total. The first kappa shape index (κ1) is 14.0. The van der Waals surface area contributed by atoms with Gasteiger partial charge in [-0.2, -0.15) is 0 Å². The summed E-state index contributed by atoms with van der Waals surface area (Å²) in [6, 6.07) is 6.55. The van der Waals surface area contributed by atoms with Crippen molar-refractivity contribution in [3.8, 4) is 5.75 Å². The van der Waals surface area contributed by atoms with Gasteiger partial charge in [-0.15, -0.1) is 0 Å². The molecule has 0 aromatic heterocycles. The molecule has 0 saturated carbocycles. The van der Waals surface area contributed by atoms with Crippen molar-refractivity contribution >= 4 is 0 Å². The molecule has 0 heterocycles. The molecule has 0 radical (unpaired) electrons. The van der Waals surface area contributed by atoms with Crippen molar-refractivity contribution in [3.63, 3.8) is 0 Å². The number of ether oxygens (including phenoxy) is 1. The normalized spacial score (nSPS) is 10.9. The van der Waals surface area contributed by atoms with Crippen LogP contribution in [0.2, 0.25) is 0 Å². The predicted molar refractivity (Wildman–Crippen MR) is 73.8 cm³/mol. The molecule has 0 unspecified atom stereocenters. The molecule has 0 aliphatic rings. The van der Waals surface area contributed by atoms with Crippen LogP contribution < -0.4 is 4.74 Å². The van der Waals surface area contributed by atoms with Crippen molar-refractivity contribution in [3.05, 3.63) is 29.3 Å². The Labute approximate surface area is 106 Å². The van der Waals surface area contributed by atoms with Crippen LogP contribution in [0.5, 0.6) is 5.75 Å². The van der Waals surface area contributed by atoms with Gasteiger partial charge in [-0.25, -0.2) is 0 Å². The third-order valence-corrected chi connectivity index (χ3v) is 2.77. The van der Waals surface area contributed by atoms with Gasteiger partial charge in [-0.05, 0) is 64.0 Å². The first-order chi connectivity index (χ1) is 8.13. The number of hydrogen-bond donors (Lipinski definition) is 0. The Morgan fingerprint density at radius 3 is 2.59 bits per heavy atom. The molecule has 1 aromatic rings. The lowest BCUT2D eigenvalue weighted by molar-refractivity contribution is 0.315. The van der Waals surface area contributed by atoms with Gasteiger partial charge >= 0.3 is 0 Å². The molecule has 0 fully saturated rings. The minimum atomic E-state index is 0.806. The topological polar surface area (TPSA) is 12.5 Å². The van der Waals surface area contributed by atoms with Gasteiger partial charge in [0.25, 0.3) is 0 Å². The minimum Gasteiger partial charge on any atom is -0.493 e. The van der Waals surface area contributed by atoms with E-state index in [4.69, 9.17) is 4.74 Å². The van der Waals surface area contributed by atoms with Crippen molar-refractivity contribution in [2.24, 2.45) is 0 Å². The first-order valence-electron chi connectivity index (χ1n) is 6.50. The minimum absolute atomic E-state index is 0.806. The molecule has 0 bridgehead atoms. The third-order valence-electron chi connectivity index (χ3n) is 2.77. The molecule has 2 heteroatoms. The predicted octanol–water partition coefficient (Wildman–Crippen LogP) is 3.28. The fraction of sp³-hybridized carbons (Fsp3) is 0.600. The third kappa shape index (κ3) is 5.22. The molecule has 0 spiro atoms. The van der Waals surface area contributed by atoms with Gasteiger partial charge in [0, 0.05) is 0 Å². The van der Waals surface area contributed by atoms with Crippen LogP contribution in [0.15, 0.2) is 18.2 Å². The zero-order valence-corrected chi connectivity index (χ0v) is 11.6. The number of benzene rings is 1. The van der Waals surface area contributed by atoms with Gasteiger partial charge in [-0.1, -0.05) is 19.1 Å². The summed E-state index contributed by atoms with van der Waals surface area (Å²) in [6.07, 6.45) is 3.42. The Balaban J connectivity index is 2.50. The van der Waals surface area contributed by atoms with E-state index < -0.39 is 0 Å². The lowest BCUT2D eigenvalue weighted by atomic mass is 10.1. The average Bonchev–Trinajstić information content (AvgIpc) is 2.27. The number of aryl methyl sites for hydroxylation is 2. The Hall–Kier alpha value is -1.02. The summed E-state index contributed by atoms with van der Waals surface area (Å²) in [4.78, 5) is 2.23. The second-order valence-electron chi connectivity index (χ2n) is 4.86. The smallest absolute Gasteiger partial charge is 0.122 e. The molecule has 0 amide bonds. The number of rotatable bonds is 7. The van der Waals surface area contributed by atoms with Crippen LogP contribution >= 0.6 is 0 Å². The highest BCUT2D eigenvalue weighted by atomic mass is 16.5. The molecule has 0 atom stereocenters. The lowest BCUT2D eigenvalue weighted by Gasteiger charge is -2.11. The Bertz CT molecular complexity index is 334. The van der Waals surface area contributed by atoms with Gasteiger partial charge in [0.2, 0.25) is 0 Å². The van der Waals surface area contributed by atoms with E-state index in [1.54, 1.807) is 0 Å². The van der Waals surface area contributed by atoms with Crippen LogP contribution in [0.25, 0.3) is 0 Å². The lowest BCUT2D eigenvalue weighted by Crippen LogP contribution is -2.13. The van der Waals surface area contributed by atoms with Gasteiger partial charge in [-0.3, -0.25) is 0 Å². The fourth-order valence-electron chi connectivity index (χ4n) is 1.84. The molecule has 0 aliphatic carbocycles. The highest BCUT2D eigenvalue weighted by Crippen LogP contribution is 2.20. The van der Waals surface area contributed by atoms with Crippen LogP contribution in [0, 0.1) is 6.92 Å². The zero-order chi connectivity index (χ0) is 12.7. The highest BCUT2D eigenvalue weighted by Gasteiger charge is 2.01. The highest BCUT2D eigenvalue weighted by molar-refractivity contribution is 5.36. The summed E-state index contributed by atoms with van der Waals surface area (Å²) in [6.45, 7) is 6.21. The summed E-state index contributed by atoms with van der Waals surface area (Å²) in [5.74, 6) is 1.03. The SMILES string of the molecule is CCCOc1ccc(CCCN(C)C)cc1C. The van der Waals surface area contributed by atoms with Gasteiger partial charge < -0.3 is 9.64 Å². The van der Waals surface area contributed by atoms with Gasteiger partial charge in [0.15, 0.2) is 0 Å². The molecular weight excluding hydrogens is 210 g/mol. The maximum absolute atomic E-state index is 5.68. The molecular formula is C15H25NO. The van der Waals surface area contributed by atoms with Crippen LogP contribution in [-0.4, -0.2) is 32.1 Å². The van der Waals surface area contributed by atoms with E-state index in [-0.39, 0.29) is 0 Å². The zero-order valence-electron chi connectivity index (χ0n) is 11.6. The largest absolute Gasteiger partial charge is 0.493 e. The van der Waals surface area contributed by atoms with E-state index in [1.165, 1.54) is 17.5 Å². The summed E-state index contributed by atoms with van der Waals surface area (Å²) in [7, 11) is 4.24. The van der Waals surface area contributed by atoms with Crippen LogP contribution in [-0.2, 0) is 6.42 Å². The van der Waals surface area contributed by atoms with Crippen LogP contribution in [0.3, 0.4) is 0 Å². The molecule has 17 heavy (non-hydrogen) atoms. The van der Waals surface area contributed by atoms with Crippen LogP contribution in [0.4, 0.5) is 0 Å². The van der Waals surface area contributed by atoms with E-state index >= 15 is 0 Å². The molecule has 1 rings (SSSR count). The van der Waals surface area contributed by atoms with Crippen LogP contribution in [0.1, 0.15) is 30.9 Å². The second-order valence-corrected chi connectivity index (χ2v) is 4.86. The summed E-state index contributed by atoms with van der Waals surface area (Å²) >= 11 is 0. The fourth-order valence-corrected chi connectivity index (χ4v) is 1.84. The monoisotopic (exact) mass is 235 g/mol. The van der Waals surface area contributed by atoms with E-state index in [0.717, 1.165) is 31.7 Å². The molecule has 0 aliphatic heterocycles. The van der Waals surface area contributed by atoms with E-state index in [9.17, 15) is 0 Å². The van der Waals surface area contributed by atoms with Crippen molar-refractivity contribution in [1.29, 1.82) is 0 Å². The molecule has 0 N–H and O–H groups in total. The van der Waals surface area contributed by atoms with Crippen molar-refractivity contribution in [2.45, 2.75) is 33.1 Å². The molecule has 1 aromatic carbocycles. The Morgan fingerprint density at radius 2 is 2.00 bits per heavy atom. The summed E-state index contributed by atoms with van der Waals surface area (Å²) in [5.41, 5.74) is 2.66. The maximum atomic E-state index is 5.68. The molecule has 0 saturated heterocycles.